The third-order valence-electron chi connectivity index (χ3n) is 9.44. The summed E-state index contributed by atoms with van der Waals surface area (Å²) in [5.41, 5.74) is 11.2. The van der Waals surface area contributed by atoms with Gasteiger partial charge in [0, 0.05) is 45.0 Å². The molecule has 0 aliphatic rings. The second kappa shape index (κ2) is 10.1. The standard InChI is InChI=1S/C43H27N3O/c1-2-10-28(11-3-1)42-34-14-6-9-17-41(34)47-43(42)46-38-16-8-5-13-33(38)36-27-30(19-21-40(36)46)29-18-20-39-35(26-29)32-12-4-7-15-37(32)45(39)31-22-24-44-25-23-31/h1-27H. The van der Waals surface area contributed by atoms with Gasteiger partial charge in [-0.1, -0.05) is 97.1 Å². The van der Waals surface area contributed by atoms with Crippen molar-refractivity contribution in [1.29, 1.82) is 0 Å². The highest BCUT2D eigenvalue weighted by Gasteiger charge is 2.22. The molecule has 4 nitrogen and oxygen atoms in total. The number of hydrogen-bond acceptors (Lipinski definition) is 2. The van der Waals surface area contributed by atoms with Gasteiger partial charge in [0.1, 0.15) is 5.58 Å². The van der Waals surface area contributed by atoms with Crippen LogP contribution < -0.4 is 0 Å². The summed E-state index contributed by atoms with van der Waals surface area (Å²) in [6.07, 6.45) is 3.70. The van der Waals surface area contributed by atoms with Crippen LogP contribution in [0.1, 0.15) is 0 Å². The lowest BCUT2D eigenvalue weighted by Crippen LogP contribution is -1.94. The van der Waals surface area contributed by atoms with Crippen LogP contribution in [0.5, 0.6) is 0 Å². The molecule has 220 valence electrons. The van der Waals surface area contributed by atoms with Crippen LogP contribution in [0.25, 0.3) is 88.4 Å². The van der Waals surface area contributed by atoms with Crippen molar-refractivity contribution >= 4 is 54.6 Å². The molecule has 4 heteroatoms. The third kappa shape index (κ3) is 3.85. The van der Waals surface area contributed by atoms with Crippen molar-refractivity contribution in [3.05, 3.63) is 164 Å². The first kappa shape index (κ1) is 25.9. The number of para-hydroxylation sites is 3. The van der Waals surface area contributed by atoms with Crippen molar-refractivity contribution in [2.45, 2.75) is 0 Å². The van der Waals surface area contributed by atoms with Gasteiger partial charge in [-0.25, -0.2) is 0 Å². The van der Waals surface area contributed by atoms with Crippen LogP contribution in [0, 0.1) is 0 Å². The monoisotopic (exact) mass is 601 g/mol. The summed E-state index contributed by atoms with van der Waals surface area (Å²) in [5.74, 6) is 0.835. The average molecular weight is 602 g/mol. The van der Waals surface area contributed by atoms with Crippen LogP contribution in [0.2, 0.25) is 0 Å². The lowest BCUT2D eigenvalue weighted by atomic mass is 10.0. The Kier molecular flexibility index (Phi) is 5.54. The second-order valence-electron chi connectivity index (χ2n) is 12.0. The minimum Gasteiger partial charge on any atom is -0.439 e. The molecule has 0 unspecified atom stereocenters. The Morgan fingerprint density at radius 2 is 0.936 bits per heavy atom. The van der Waals surface area contributed by atoms with Gasteiger partial charge in [0.15, 0.2) is 0 Å². The lowest BCUT2D eigenvalue weighted by molar-refractivity contribution is 0.591. The first-order valence-corrected chi connectivity index (χ1v) is 15.9. The van der Waals surface area contributed by atoms with Crippen molar-refractivity contribution in [3.63, 3.8) is 0 Å². The topological polar surface area (TPSA) is 35.9 Å². The molecule has 0 spiro atoms. The largest absolute Gasteiger partial charge is 0.439 e. The molecule has 0 aliphatic heterocycles. The molecule has 0 saturated carbocycles. The van der Waals surface area contributed by atoms with Gasteiger partial charge < -0.3 is 8.98 Å². The number of pyridine rings is 1. The van der Waals surface area contributed by atoms with Crippen LogP contribution in [0.15, 0.2) is 168 Å². The van der Waals surface area contributed by atoms with Gasteiger partial charge in [0.05, 0.1) is 27.6 Å². The van der Waals surface area contributed by atoms with E-state index in [9.17, 15) is 0 Å². The summed E-state index contributed by atoms with van der Waals surface area (Å²) in [6.45, 7) is 0. The number of hydrogen-bond donors (Lipinski definition) is 0. The molecule has 0 aliphatic carbocycles. The Morgan fingerprint density at radius 1 is 0.404 bits per heavy atom. The molecule has 47 heavy (non-hydrogen) atoms. The summed E-state index contributed by atoms with van der Waals surface area (Å²) >= 11 is 0. The van der Waals surface area contributed by atoms with Crippen LogP contribution in [0.4, 0.5) is 0 Å². The van der Waals surface area contributed by atoms with E-state index in [1.54, 1.807) is 0 Å². The Hall–Kier alpha value is -6.39. The number of fused-ring (bicyclic) bond motifs is 7. The molecule has 10 aromatic rings. The van der Waals surface area contributed by atoms with Crippen LogP contribution in [0.3, 0.4) is 0 Å². The van der Waals surface area contributed by atoms with Gasteiger partial charge in [-0.05, 0) is 71.3 Å². The van der Waals surface area contributed by atoms with E-state index in [4.69, 9.17) is 4.42 Å². The van der Waals surface area contributed by atoms with Gasteiger partial charge in [-0.15, -0.1) is 0 Å². The molecule has 0 saturated heterocycles. The number of benzene rings is 6. The fourth-order valence-corrected chi connectivity index (χ4v) is 7.37. The first-order valence-electron chi connectivity index (χ1n) is 15.9. The van der Waals surface area contributed by atoms with Crippen molar-refractivity contribution in [3.8, 4) is 33.8 Å². The Labute approximate surface area is 270 Å². The molecular weight excluding hydrogens is 574 g/mol. The zero-order chi connectivity index (χ0) is 30.9. The SMILES string of the molecule is c1ccc(-c2c(-n3c4ccccc4c4cc(-c5ccc6c(c5)c5ccccc5n6-c5ccncc5)ccc43)oc3ccccc23)cc1. The highest BCUT2D eigenvalue weighted by atomic mass is 16.4. The third-order valence-corrected chi connectivity index (χ3v) is 9.44. The number of aromatic nitrogens is 3. The van der Waals surface area contributed by atoms with E-state index < -0.39 is 0 Å². The summed E-state index contributed by atoms with van der Waals surface area (Å²) in [5, 5.41) is 5.95. The zero-order valence-electron chi connectivity index (χ0n) is 25.3. The van der Waals surface area contributed by atoms with E-state index in [0.717, 1.165) is 44.7 Å². The van der Waals surface area contributed by atoms with Crippen molar-refractivity contribution in [2.75, 3.05) is 0 Å². The van der Waals surface area contributed by atoms with E-state index in [0.29, 0.717) is 0 Å². The maximum absolute atomic E-state index is 6.71. The van der Waals surface area contributed by atoms with E-state index in [-0.39, 0.29) is 0 Å². The van der Waals surface area contributed by atoms with E-state index in [1.807, 2.05) is 18.5 Å². The molecule has 0 atom stereocenters. The molecule has 10 rings (SSSR count). The minimum absolute atomic E-state index is 0.835. The fraction of sp³-hybridized carbons (Fsp3) is 0. The number of rotatable bonds is 4. The van der Waals surface area contributed by atoms with Crippen LogP contribution >= 0.6 is 0 Å². The summed E-state index contributed by atoms with van der Waals surface area (Å²) in [4.78, 5) is 4.25. The van der Waals surface area contributed by atoms with Crippen molar-refractivity contribution < 1.29 is 4.42 Å². The van der Waals surface area contributed by atoms with Gasteiger partial charge in [0.2, 0.25) is 5.88 Å². The smallest absolute Gasteiger partial charge is 0.213 e. The van der Waals surface area contributed by atoms with Crippen molar-refractivity contribution in [2.24, 2.45) is 0 Å². The number of furan rings is 1. The molecule has 0 fully saturated rings. The highest BCUT2D eigenvalue weighted by Crippen LogP contribution is 2.43. The molecular formula is C43H27N3O. The maximum atomic E-state index is 6.71. The molecule has 4 heterocycles. The highest BCUT2D eigenvalue weighted by molar-refractivity contribution is 6.13. The Morgan fingerprint density at radius 3 is 1.62 bits per heavy atom. The van der Waals surface area contributed by atoms with Gasteiger partial charge >= 0.3 is 0 Å². The fourth-order valence-electron chi connectivity index (χ4n) is 7.37. The average Bonchev–Trinajstić information content (AvgIpc) is 3.79. The van der Waals surface area contributed by atoms with Crippen molar-refractivity contribution in [1.82, 2.24) is 14.1 Å². The maximum Gasteiger partial charge on any atom is 0.213 e. The molecule has 0 N–H and O–H groups in total. The Bertz CT molecular complexity index is 2780. The van der Waals surface area contributed by atoms with E-state index in [2.05, 4.69) is 160 Å². The van der Waals surface area contributed by atoms with Crippen LogP contribution in [-0.4, -0.2) is 14.1 Å². The quantitative estimate of drug-likeness (QED) is 0.201. The van der Waals surface area contributed by atoms with Gasteiger partial charge in [-0.3, -0.25) is 9.55 Å². The number of nitrogens with zero attached hydrogens (tertiary/aromatic N) is 3. The van der Waals surface area contributed by atoms with Gasteiger partial charge in [-0.2, -0.15) is 0 Å². The first-order chi connectivity index (χ1) is 23.3. The second-order valence-corrected chi connectivity index (χ2v) is 12.0. The summed E-state index contributed by atoms with van der Waals surface area (Å²) < 4.78 is 11.3. The summed E-state index contributed by atoms with van der Waals surface area (Å²) in [6, 6.07) is 53.9. The molecule has 0 radical (unpaired) electrons. The van der Waals surface area contributed by atoms with Crippen LogP contribution in [-0.2, 0) is 0 Å². The molecule has 6 aromatic carbocycles. The normalized spacial score (nSPS) is 11.8. The minimum atomic E-state index is 0.835. The molecule has 0 amide bonds. The van der Waals surface area contributed by atoms with Gasteiger partial charge in [0.25, 0.3) is 0 Å². The molecule has 4 aromatic heterocycles. The van der Waals surface area contributed by atoms with E-state index in [1.165, 1.54) is 43.7 Å². The van der Waals surface area contributed by atoms with E-state index >= 15 is 0 Å². The predicted molar refractivity (Wildman–Crippen MR) is 194 cm³/mol. The lowest BCUT2D eigenvalue weighted by Gasteiger charge is -2.09. The predicted octanol–water partition coefficient (Wildman–Crippen LogP) is 11.4. The zero-order valence-corrected chi connectivity index (χ0v) is 25.3. The Balaban J connectivity index is 1.20. The summed E-state index contributed by atoms with van der Waals surface area (Å²) in [7, 11) is 0. The molecule has 0 bridgehead atoms.